The normalized spacial score (nSPS) is 14.3. The highest BCUT2D eigenvalue weighted by molar-refractivity contribution is 6.06. The molecule has 0 unspecified atom stereocenters. The van der Waals surface area contributed by atoms with Gasteiger partial charge in [-0.2, -0.15) is 0 Å². The molecular weight excluding hydrogens is 282 g/mol. The number of aromatic nitrogens is 1. The van der Waals surface area contributed by atoms with Crippen molar-refractivity contribution in [2.75, 3.05) is 19.7 Å². The van der Waals surface area contributed by atoms with Gasteiger partial charge in [0.2, 0.25) is 0 Å². The van der Waals surface area contributed by atoms with Crippen LogP contribution in [0.1, 0.15) is 22.3 Å². The first-order chi connectivity index (χ1) is 10.7. The molecule has 3 rings (SSSR count). The molecule has 2 amide bonds. The number of benzene rings is 1. The maximum Gasteiger partial charge on any atom is 0.265 e. The molecular formula is C16H17N3O3. The third-order valence-corrected chi connectivity index (χ3v) is 3.66. The van der Waals surface area contributed by atoms with E-state index >= 15 is 0 Å². The molecule has 1 aromatic carbocycles. The van der Waals surface area contributed by atoms with Gasteiger partial charge in [-0.3, -0.25) is 19.4 Å². The van der Waals surface area contributed by atoms with Gasteiger partial charge < -0.3 is 5.32 Å². The molecule has 1 N–H and O–H groups in total. The Bertz CT molecular complexity index is 724. The van der Waals surface area contributed by atoms with Crippen LogP contribution in [0.4, 0.5) is 0 Å². The molecule has 1 saturated heterocycles. The first kappa shape index (κ1) is 14.5. The monoisotopic (exact) mass is 299 g/mol. The smallest absolute Gasteiger partial charge is 0.265 e. The largest absolute Gasteiger partial charge is 0.343 e. The first-order valence-electron chi connectivity index (χ1n) is 7.22. The summed E-state index contributed by atoms with van der Waals surface area (Å²) in [4.78, 5) is 33.6. The quantitative estimate of drug-likeness (QED) is 0.931. The van der Waals surface area contributed by atoms with E-state index in [9.17, 15) is 9.59 Å². The van der Waals surface area contributed by atoms with Crippen LogP contribution in [0, 0.1) is 6.92 Å². The highest BCUT2D eigenvalue weighted by Gasteiger charge is 2.20. The molecule has 6 nitrogen and oxygen atoms in total. The maximum atomic E-state index is 12.3. The topological polar surface area (TPSA) is 71.5 Å². The van der Waals surface area contributed by atoms with E-state index in [0.717, 1.165) is 17.4 Å². The average Bonchev–Trinajstić information content (AvgIpc) is 3.07. The summed E-state index contributed by atoms with van der Waals surface area (Å²) in [5, 5.41) is 4.87. The molecule has 22 heavy (non-hydrogen) atoms. The molecule has 2 heterocycles. The molecule has 1 aliphatic rings. The highest BCUT2D eigenvalue weighted by atomic mass is 16.7. The lowest BCUT2D eigenvalue weighted by Crippen LogP contribution is -2.38. The van der Waals surface area contributed by atoms with Gasteiger partial charge in [0, 0.05) is 11.6 Å². The van der Waals surface area contributed by atoms with Crippen molar-refractivity contribution < 1.29 is 14.4 Å². The zero-order chi connectivity index (χ0) is 15.5. The highest BCUT2D eigenvalue weighted by Crippen LogP contribution is 2.20. The SMILES string of the molecule is Cc1ccc(C(=O)NCC(=O)N2CCCO2)c2ncccc12. The molecule has 0 aliphatic carbocycles. The molecule has 1 fully saturated rings. The van der Waals surface area contributed by atoms with Crippen molar-refractivity contribution in [3.63, 3.8) is 0 Å². The van der Waals surface area contributed by atoms with Crippen LogP contribution >= 0.6 is 0 Å². The summed E-state index contributed by atoms with van der Waals surface area (Å²) in [5.74, 6) is -0.550. The molecule has 0 radical (unpaired) electrons. The fourth-order valence-electron chi connectivity index (χ4n) is 2.48. The summed E-state index contributed by atoms with van der Waals surface area (Å²) in [6, 6.07) is 7.38. The summed E-state index contributed by atoms with van der Waals surface area (Å²) < 4.78 is 0. The predicted octanol–water partition coefficient (Wildman–Crippen LogP) is 1.44. The summed E-state index contributed by atoms with van der Waals surface area (Å²) >= 11 is 0. The average molecular weight is 299 g/mol. The number of hydrogen-bond acceptors (Lipinski definition) is 4. The Kier molecular flexibility index (Phi) is 4.02. The number of pyridine rings is 1. The molecule has 114 valence electrons. The lowest BCUT2D eigenvalue weighted by molar-refractivity contribution is -0.167. The number of carbonyl (C=O) groups excluding carboxylic acids is 2. The van der Waals surface area contributed by atoms with Crippen molar-refractivity contribution in [3.8, 4) is 0 Å². The number of carbonyl (C=O) groups is 2. The van der Waals surface area contributed by atoms with Crippen LogP contribution in [0.3, 0.4) is 0 Å². The third-order valence-electron chi connectivity index (χ3n) is 3.66. The lowest BCUT2D eigenvalue weighted by Gasteiger charge is -2.14. The second-order valence-electron chi connectivity index (χ2n) is 5.19. The van der Waals surface area contributed by atoms with Crippen LogP contribution in [0.5, 0.6) is 0 Å². The van der Waals surface area contributed by atoms with E-state index in [0.29, 0.717) is 24.2 Å². The van der Waals surface area contributed by atoms with Crippen LogP contribution in [-0.4, -0.2) is 41.6 Å². The minimum atomic E-state index is -0.309. The Balaban J connectivity index is 1.75. The Morgan fingerprint density at radius 2 is 2.23 bits per heavy atom. The Hall–Kier alpha value is -2.47. The Labute approximate surface area is 128 Å². The van der Waals surface area contributed by atoms with E-state index in [2.05, 4.69) is 10.3 Å². The van der Waals surface area contributed by atoms with Gasteiger partial charge in [0.25, 0.3) is 11.8 Å². The van der Waals surface area contributed by atoms with Gasteiger partial charge in [-0.15, -0.1) is 0 Å². The van der Waals surface area contributed by atoms with Crippen molar-refractivity contribution in [1.29, 1.82) is 0 Å². The third kappa shape index (κ3) is 2.78. The summed E-state index contributed by atoms with van der Waals surface area (Å²) in [6.07, 6.45) is 2.48. The fraction of sp³-hybridized carbons (Fsp3) is 0.312. The van der Waals surface area contributed by atoms with Crippen molar-refractivity contribution in [3.05, 3.63) is 41.6 Å². The summed E-state index contributed by atoms with van der Waals surface area (Å²) in [7, 11) is 0. The number of aryl methyl sites for hydroxylation is 1. The Morgan fingerprint density at radius 3 is 3.00 bits per heavy atom. The van der Waals surface area contributed by atoms with Crippen molar-refractivity contribution >= 4 is 22.7 Å². The lowest BCUT2D eigenvalue weighted by atomic mass is 10.0. The van der Waals surface area contributed by atoms with Crippen LogP contribution in [0.2, 0.25) is 0 Å². The van der Waals surface area contributed by atoms with E-state index < -0.39 is 0 Å². The maximum absolute atomic E-state index is 12.3. The van der Waals surface area contributed by atoms with Gasteiger partial charge in [-0.1, -0.05) is 12.1 Å². The standard InChI is InChI=1S/C16H17N3O3/c1-11-5-6-13(15-12(11)4-2-7-17-15)16(21)18-10-14(20)19-8-3-9-22-19/h2,4-7H,3,8-10H2,1H3,(H,18,21). The molecule has 2 aromatic rings. The fourth-order valence-corrected chi connectivity index (χ4v) is 2.48. The minimum Gasteiger partial charge on any atom is -0.343 e. The van der Waals surface area contributed by atoms with Gasteiger partial charge in [-0.25, -0.2) is 5.06 Å². The van der Waals surface area contributed by atoms with Gasteiger partial charge in [0.1, 0.15) is 0 Å². The van der Waals surface area contributed by atoms with Crippen LogP contribution < -0.4 is 5.32 Å². The first-order valence-corrected chi connectivity index (χ1v) is 7.22. The molecule has 0 bridgehead atoms. The van der Waals surface area contributed by atoms with E-state index in [-0.39, 0.29) is 18.4 Å². The molecule has 1 aliphatic heterocycles. The number of rotatable bonds is 3. The second-order valence-corrected chi connectivity index (χ2v) is 5.19. The van der Waals surface area contributed by atoms with Crippen LogP contribution in [0.15, 0.2) is 30.5 Å². The number of amides is 2. The number of nitrogens with zero attached hydrogens (tertiary/aromatic N) is 2. The molecule has 0 atom stereocenters. The van der Waals surface area contributed by atoms with Crippen molar-refractivity contribution in [1.82, 2.24) is 15.4 Å². The molecule has 0 spiro atoms. The minimum absolute atomic E-state index is 0.0823. The number of hydroxylamine groups is 2. The number of fused-ring (bicyclic) bond motifs is 1. The summed E-state index contributed by atoms with van der Waals surface area (Å²) in [6.45, 7) is 3.01. The van der Waals surface area contributed by atoms with Crippen molar-refractivity contribution in [2.24, 2.45) is 0 Å². The predicted molar refractivity (Wildman–Crippen MR) is 81.1 cm³/mol. The molecule has 0 saturated carbocycles. The number of hydrogen-bond donors (Lipinski definition) is 1. The Morgan fingerprint density at radius 1 is 1.36 bits per heavy atom. The zero-order valence-electron chi connectivity index (χ0n) is 12.3. The van der Waals surface area contributed by atoms with Gasteiger partial charge in [-0.05, 0) is 31.0 Å². The summed E-state index contributed by atoms with van der Waals surface area (Å²) in [5.41, 5.74) is 2.17. The number of nitrogens with one attached hydrogen (secondary N) is 1. The van der Waals surface area contributed by atoms with Gasteiger partial charge in [0.05, 0.1) is 30.8 Å². The van der Waals surface area contributed by atoms with Crippen LogP contribution in [-0.2, 0) is 9.63 Å². The van der Waals surface area contributed by atoms with Crippen LogP contribution in [0.25, 0.3) is 10.9 Å². The van der Waals surface area contributed by atoms with Crippen molar-refractivity contribution in [2.45, 2.75) is 13.3 Å². The molecule has 6 heteroatoms. The molecule has 1 aromatic heterocycles. The second kappa shape index (κ2) is 6.11. The van der Waals surface area contributed by atoms with Gasteiger partial charge >= 0.3 is 0 Å². The van der Waals surface area contributed by atoms with Gasteiger partial charge in [0.15, 0.2) is 0 Å². The van der Waals surface area contributed by atoms with E-state index in [1.807, 2.05) is 25.1 Å². The van der Waals surface area contributed by atoms with E-state index in [4.69, 9.17) is 4.84 Å². The zero-order valence-corrected chi connectivity index (χ0v) is 12.3. The van der Waals surface area contributed by atoms with E-state index in [1.165, 1.54) is 5.06 Å². The van der Waals surface area contributed by atoms with E-state index in [1.54, 1.807) is 12.3 Å².